The Balaban J connectivity index is 2.49. The molecule has 0 spiro atoms. The number of aliphatic hydroxyl groups is 2. The molecule has 10 heteroatoms. The average molecular weight is 327 g/mol. The molecule has 124 valence electrons. The number of anilines is 1. The number of hydrogen-bond donors (Lipinski definition) is 4. The van der Waals surface area contributed by atoms with Crippen molar-refractivity contribution in [2.45, 2.75) is 18.4 Å². The van der Waals surface area contributed by atoms with E-state index < -0.39 is 36.7 Å². The minimum absolute atomic E-state index is 0.0839. The zero-order chi connectivity index (χ0) is 17.1. The lowest BCUT2D eigenvalue weighted by Crippen LogP contribution is -2.29. The number of ether oxygens (including phenoxy) is 1. The number of carboxylic acids is 1. The van der Waals surface area contributed by atoms with E-state index in [1.807, 2.05) is 0 Å². The second kappa shape index (κ2) is 6.69. The van der Waals surface area contributed by atoms with Gasteiger partial charge in [-0.1, -0.05) is 0 Å². The summed E-state index contributed by atoms with van der Waals surface area (Å²) in [6.45, 7) is -0.585. The van der Waals surface area contributed by atoms with Crippen LogP contribution in [-0.4, -0.2) is 49.7 Å². The zero-order valence-corrected chi connectivity index (χ0v) is 11.7. The van der Waals surface area contributed by atoms with E-state index in [9.17, 15) is 19.1 Å². The quantitative estimate of drug-likeness (QED) is 0.516. The van der Waals surface area contributed by atoms with Gasteiger partial charge < -0.3 is 25.8 Å². The molecule has 1 aliphatic heterocycles. The van der Waals surface area contributed by atoms with Gasteiger partial charge in [0.1, 0.15) is 18.0 Å². The first-order chi connectivity index (χ1) is 10.9. The van der Waals surface area contributed by atoms with Crippen LogP contribution in [0.25, 0.3) is 6.08 Å². The summed E-state index contributed by atoms with van der Waals surface area (Å²) in [7, 11) is 0. The fraction of sp³-hybridized carbons (Fsp3) is 0.308. The summed E-state index contributed by atoms with van der Waals surface area (Å²) in [4.78, 5) is 26.0. The van der Waals surface area contributed by atoms with Crippen LogP contribution in [0.4, 0.5) is 10.2 Å². The third-order valence-electron chi connectivity index (χ3n) is 3.26. The molecule has 9 nitrogen and oxygen atoms in total. The molecule has 1 aromatic rings. The van der Waals surface area contributed by atoms with Gasteiger partial charge in [0.05, 0.1) is 12.9 Å². The summed E-state index contributed by atoms with van der Waals surface area (Å²) in [6.07, 6.45) is -0.763. The van der Waals surface area contributed by atoms with Crippen molar-refractivity contribution in [1.29, 1.82) is 0 Å². The standard InChI is InChI=1S/C13H14FN3O6/c14-3-7-10(21)8(5-18)23-12(7)17-4-6(1-2-9(19)20)11(15)16-13(17)22/h1-4,8,10,12,18,21H,5H2,(H,19,20)(H2,15,16,22)/b2-1+,7-3+. The topological polar surface area (TPSA) is 148 Å². The summed E-state index contributed by atoms with van der Waals surface area (Å²) in [5.41, 5.74) is 4.47. The van der Waals surface area contributed by atoms with Crippen LogP contribution in [0.5, 0.6) is 0 Å². The molecule has 0 aromatic carbocycles. The number of rotatable bonds is 4. The molecular weight excluding hydrogens is 313 g/mol. The SMILES string of the molecule is Nc1nc(=O)n(C2OC(CO)C(O)/C2=C\F)cc1/C=C/C(=O)O. The second-order valence-corrected chi connectivity index (χ2v) is 4.71. The van der Waals surface area contributed by atoms with E-state index in [1.54, 1.807) is 0 Å². The highest BCUT2D eigenvalue weighted by Gasteiger charge is 2.40. The van der Waals surface area contributed by atoms with Gasteiger partial charge in [-0.15, -0.1) is 0 Å². The first-order valence-electron chi connectivity index (χ1n) is 6.43. The maximum Gasteiger partial charge on any atom is 0.351 e. The van der Waals surface area contributed by atoms with Crippen molar-refractivity contribution in [1.82, 2.24) is 9.55 Å². The number of aliphatic hydroxyl groups excluding tert-OH is 2. The molecule has 5 N–H and O–H groups in total. The number of aliphatic carboxylic acids is 1. The number of halogens is 1. The Hall–Kier alpha value is -2.56. The number of nitrogens with two attached hydrogens (primary N) is 1. The fourth-order valence-corrected chi connectivity index (χ4v) is 2.12. The molecule has 23 heavy (non-hydrogen) atoms. The van der Waals surface area contributed by atoms with Gasteiger partial charge in [-0.3, -0.25) is 4.57 Å². The van der Waals surface area contributed by atoms with Crippen LogP contribution in [0.3, 0.4) is 0 Å². The van der Waals surface area contributed by atoms with Crippen LogP contribution in [-0.2, 0) is 9.53 Å². The van der Waals surface area contributed by atoms with E-state index in [2.05, 4.69) is 4.98 Å². The summed E-state index contributed by atoms with van der Waals surface area (Å²) < 4.78 is 19.1. The monoisotopic (exact) mass is 327 g/mol. The number of aromatic nitrogens is 2. The molecule has 1 fully saturated rings. The average Bonchev–Trinajstić information content (AvgIpc) is 2.82. The van der Waals surface area contributed by atoms with Crippen LogP contribution in [0.1, 0.15) is 11.8 Å². The molecule has 0 saturated carbocycles. The zero-order valence-electron chi connectivity index (χ0n) is 11.7. The molecule has 1 aromatic heterocycles. The Morgan fingerprint density at radius 1 is 1.57 bits per heavy atom. The van der Waals surface area contributed by atoms with Crippen LogP contribution in [0, 0.1) is 0 Å². The van der Waals surface area contributed by atoms with Crippen molar-refractivity contribution in [2.24, 2.45) is 0 Å². The van der Waals surface area contributed by atoms with Gasteiger partial charge in [0.15, 0.2) is 6.23 Å². The molecular formula is C13H14FN3O6. The van der Waals surface area contributed by atoms with E-state index in [0.717, 1.165) is 22.9 Å². The molecule has 2 heterocycles. The van der Waals surface area contributed by atoms with E-state index in [-0.39, 0.29) is 23.3 Å². The van der Waals surface area contributed by atoms with Gasteiger partial charge in [0, 0.05) is 23.4 Å². The minimum atomic E-state index is -1.43. The number of nitrogens with zero attached hydrogens (tertiary/aromatic N) is 2. The van der Waals surface area contributed by atoms with Gasteiger partial charge in [-0.2, -0.15) is 4.98 Å². The molecule has 0 amide bonds. The van der Waals surface area contributed by atoms with E-state index in [0.29, 0.717) is 0 Å². The Morgan fingerprint density at radius 2 is 2.26 bits per heavy atom. The highest BCUT2D eigenvalue weighted by atomic mass is 19.1. The first kappa shape index (κ1) is 16.8. The highest BCUT2D eigenvalue weighted by Crippen LogP contribution is 2.33. The Labute approximate surface area is 128 Å². The number of hydrogen-bond acceptors (Lipinski definition) is 7. The largest absolute Gasteiger partial charge is 0.478 e. The molecule has 0 bridgehead atoms. The third kappa shape index (κ3) is 3.28. The lowest BCUT2D eigenvalue weighted by Gasteiger charge is -2.16. The van der Waals surface area contributed by atoms with Crippen molar-refractivity contribution in [3.8, 4) is 0 Å². The molecule has 1 saturated heterocycles. The van der Waals surface area contributed by atoms with Crippen molar-refractivity contribution >= 4 is 17.9 Å². The second-order valence-electron chi connectivity index (χ2n) is 4.71. The van der Waals surface area contributed by atoms with Crippen LogP contribution in [0.15, 0.2) is 29.0 Å². The van der Waals surface area contributed by atoms with Crippen molar-refractivity contribution < 1.29 is 29.2 Å². The lowest BCUT2D eigenvalue weighted by atomic mass is 10.1. The molecule has 0 aliphatic carbocycles. The number of carbonyl (C=O) groups is 1. The predicted molar refractivity (Wildman–Crippen MR) is 75.8 cm³/mol. The predicted octanol–water partition coefficient (Wildman–Crippen LogP) is -0.973. The normalized spacial score (nSPS) is 26.2. The maximum atomic E-state index is 13.0. The van der Waals surface area contributed by atoms with Crippen molar-refractivity contribution in [2.75, 3.05) is 12.3 Å². The van der Waals surface area contributed by atoms with Crippen molar-refractivity contribution in [3.63, 3.8) is 0 Å². The smallest absolute Gasteiger partial charge is 0.351 e. The Morgan fingerprint density at radius 3 is 2.83 bits per heavy atom. The van der Waals surface area contributed by atoms with Gasteiger partial charge in [-0.25, -0.2) is 14.0 Å². The molecule has 2 rings (SSSR count). The summed E-state index contributed by atoms with van der Waals surface area (Å²) in [5.74, 6) is -1.45. The molecule has 0 radical (unpaired) electrons. The van der Waals surface area contributed by atoms with E-state index >= 15 is 0 Å². The van der Waals surface area contributed by atoms with E-state index in [1.165, 1.54) is 0 Å². The van der Waals surface area contributed by atoms with Crippen LogP contribution >= 0.6 is 0 Å². The van der Waals surface area contributed by atoms with Crippen LogP contribution < -0.4 is 11.4 Å². The summed E-state index contributed by atoms with van der Waals surface area (Å²) >= 11 is 0. The lowest BCUT2D eigenvalue weighted by molar-refractivity contribution is -0.131. The van der Waals surface area contributed by atoms with Gasteiger partial charge >= 0.3 is 11.7 Å². The Bertz CT molecular complexity index is 729. The number of nitrogen functional groups attached to an aromatic ring is 1. The van der Waals surface area contributed by atoms with Gasteiger partial charge in [0.2, 0.25) is 0 Å². The fourth-order valence-electron chi connectivity index (χ4n) is 2.12. The van der Waals surface area contributed by atoms with Gasteiger partial charge in [-0.05, 0) is 6.08 Å². The third-order valence-corrected chi connectivity index (χ3v) is 3.26. The maximum absolute atomic E-state index is 13.0. The molecule has 3 atom stereocenters. The Kier molecular flexibility index (Phi) is 4.89. The molecule has 3 unspecified atom stereocenters. The van der Waals surface area contributed by atoms with Gasteiger partial charge in [0.25, 0.3) is 0 Å². The van der Waals surface area contributed by atoms with Crippen molar-refractivity contribution in [3.05, 3.63) is 40.2 Å². The van der Waals surface area contributed by atoms with Crippen LogP contribution in [0.2, 0.25) is 0 Å². The summed E-state index contributed by atoms with van der Waals surface area (Å²) in [6, 6.07) is 0. The molecule has 1 aliphatic rings. The first-order valence-corrected chi connectivity index (χ1v) is 6.43. The van der Waals surface area contributed by atoms with E-state index in [4.69, 9.17) is 20.7 Å². The number of carboxylic acid groups (broad SMARTS) is 1. The summed E-state index contributed by atoms with van der Waals surface area (Å²) in [5, 5.41) is 27.5. The highest BCUT2D eigenvalue weighted by molar-refractivity contribution is 5.86. The minimum Gasteiger partial charge on any atom is -0.478 e.